The smallest absolute Gasteiger partial charge is 0.289 e. The summed E-state index contributed by atoms with van der Waals surface area (Å²) in [6, 6.07) is 13.5. The summed E-state index contributed by atoms with van der Waals surface area (Å²) in [4.78, 5) is 29.3. The maximum absolute atomic E-state index is 14.2. The minimum atomic E-state index is -0.514. The molecule has 3 heterocycles. The monoisotopic (exact) mass is 465 g/mol. The Balaban J connectivity index is 1.45. The van der Waals surface area contributed by atoms with Crippen LogP contribution in [0.5, 0.6) is 0 Å². The van der Waals surface area contributed by atoms with Gasteiger partial charge in [-0.1, -0.05) is 26.0 Å². The van der Waals surface area contributed by atoms with Crippen LogP contribution in [0.2, 0.25) is 0 Å². The van der Waals surface area contributed by atoms with Crippen LogP contribution in [0.25, 0.3) is 0 Å². The van der Waals surface area contributed by atoms with Gasteiger partial charge in [-0.3, -0.25) is 9.59 Å². The molecule has 0 saturated carbocycles. The van der Waals surface area contributed by atoms with Gasteiger partial charge in [-0.05, 0) is 61.6 Å². The molecule has 0 unspecified atom stereocenters. The summed E-state index contributed by atoms with van der Waals surface area (Å²) < 4.78 is 22.1. The third-order valence-electron chi connectivity index (χ3n) is 6.43. The fraction of sp³-hybridized carbons (Fsp3) is 0.407. The first kappa shape index (κ1) is 23.8. The lowest BCUT2D eigenvalue weighted by Gasteiger charge is -2.29. The third-order valence-corrected chi connectivity index (χ3v) is 6.43. The fourth-order valence-corrected chi connectivity index (χ4v) is 4.38. The van der Waals surface area contributed by atoms with E-state index in [1.165, 1.54) is 12.1 Å². The van der Waals surface area contributed by atoms with Gasteiger partial charge in [-0.25, -0.2) is 4.39 Å². The zero-order chi connectivity index (χ0) is 24.1. The van der Waals surface area contributed by atoms with Crippen molar-refractivity contribution < 1.29 is 18.4 Å². The predicted molar refractivity (Wildman–Crippen MR) is 128 cm³/mol. The number of amides is 2. The third kappa shape index (κ3) is 5.41. The van der Waals surface area contributed by atoms with E-state index in [4.69, 9.17) is 4.42 Å². The molecule has 3 aromatic rings. The average molecular weight is 466 g/mol. The Morgan fingerprint density at radius 2 is 1.85 bits per heavy atom. The molecule has 1 aliphatic heterocycles. The van der Waals surface area contributed by atoms with Crippen LogP contribution in [0.3, 0.4) is 0 Å². The number of carbonyl (C=O) groups is 2. The molecular weight excluding hydrogens is 433 g/mol. The van der Waals surface area contributed by atoms with Crippen molar-refractivity contribution in [2.45, 2.75) is 46.2 Å². The number of aromatic nitrogens is 1. The first-order valence-electron chi connectivity index (χ1n) is 12.0. The van der Waals surface area contributed by atoms with Crippen molar-refractivity contribution in [3.63, 3.8) is 0 Å². The number of piperidine rings is 1. The minimum Gasteiger partial charge on any atom is -0.454 e. The summed E-state index contributed by atoms with van der Waals surface area (Å²) in [7, 11) is 0. The Morgan fingerprint density at radius 3 is 2.59 bits per heavy atom. The van der Waals surface area contributed by atoms with Crippen molar-refractivity contribution >= 4 is 11.8 Å². The van der Waals surface area contributed by atoms with Gasteiger partial charge < -0.3 is 18.8 Å². The molecule has 0 bridgehead atoms. The molecule has 6 nitrogen and oxygen atoms in total. The van der Waals surface area contributed by atoms with Gasteiger partial charge in [0.25, 0.3) is 11.8 Å². The molecule has 0 spiro atoms. The summed E-state index contributed by atoms with van der Waals surface area (Å²) in [6.45, 7) is 7.05. The van der Waals surface area contributed by atoms with Crippen LogP contribution < -0.4 is 0 Å². The highest BCUT2D eigenvalue weighted by Gasteiger charge is 2.24. The van der Waals surface area contributed by atoms with Crippen molar-refractivity contribution in [3.05, 3.63) is 83.3 Å². The highest BCUT2D eigenvalue weighted by molar-refractivity contribution is 5.94. The van der Waals surface area contributed by atoms with Gasteiger partial charge in [-0.15, -0.1) is 0 Å². The van der Waals surface area contributed by atoms with Crippen molar-refractivity contribution in [2.24, 2.45) is 5.92 Å². The summed E-state index contributed by atoms with van der Waals surface area (Å²) in [5, 5.41) is 0. The van der Waals surface area contributed by atoms with E-state index in [9.17, 15) is 14.0 Å². The molecular formula is C27H32FN3O3. The van der Waals surface area contributed by atoms with E-state index in [2.05, 4.69) is 6.92 Å². The van der Waals surface area contributed by atoms with Crippen molar-refractivity contribution in [1.82, 2.24) is 14.4 Å². The number of furan rings is 1. The van der Waals surface area contributed by atoms with Crippen molar-refractivity contribution in [1.29, 1.82) is 0 Å². The van der Waals surface area contributed by atoms with Gasteiger partial charge in [0.05, 0.1) is 18.7 Å². The number of hydrogen-bond donors (Lipinski definition) is 0. The summed E-state index contributed by atoms with van der Waals surface area (Å²) in [5.41, 5.74) is 0.989. The molecule has 2 aromatic heterocycles. The normalized spacial score (nSPS) is 14.4. The van der Waals surface area contributed by atoms with Crippen LogP contribution in [0, 0.1) is 11.7 Å². The maximum atomic E-state index is 14.2. The van der Waals surface area contributed by atoms with Crippen LogP contribution in [-0.2, 0) is 13.1 Å². The lowest BCUT2D eigenvalue weighted by atomic mass is 9.99. The molecule has 1 saturated heterocycles. The Kier molecular flexibility index (Phi) is 7.50. The number of halogens is 1. The van der Waals surface area contributed by atoms with Gasteiger partial charge in [0.1, 0.15) is 11.6 Å². The molecule has 1 aliphatic rings. The second kappa shape index (κ2) is 10.7. The Hall–Kier alpha value is -3.35. The van der Waals surface area contributed by atoms with Crippen LogP contribution in [0.15, 0.2) is 59.1 Å². The van der Waals surface area contributed by atoms with Crippen molar-refractivity contribution in [3.8, 4) is 0 Å². The van der Waals surface area contributed by atoms with E-state index in [1.807, 2.05) is 40.8 Å². The Morgan fingerprint density at radius 1 is 1.09 bits per heavy atom. The lowest BCUT2D eigenvalue weighted by molar-refractivity contribution is 0.0662. The average Bonchev–Trinajstić information content (AvgIpc) is 3.49. The van der Waals surface area contributed by atoms with Gasteiger partial charge in [0.2, 0.25) is 0 Å². The second-order valence-electron chi connectivity index (χ2n) is 9.07. The zero-order valence-electron chi connectivity index (χ0n) is 19.9. The van der Waals surface area contributed by atoms with Crippen LogP contribution in [0.1, 0.15) is 65.5 Å². The summed E-state index contributed by atoms with van der Waals surface area (Å²) >= 11 is 0. The quantitative estimate of drug-likeness (QED) is 0.460. The topological polar surface area (TPSA) is 58.7 Å². The molecule has 180 valence electrons. The standard InChI is InChI=1S/C27H32FN3O3/c1-3-14-31(26(32)23-8-4-5-9-24(23)28)18-21-7-6-15-30(21)19-22-10-11-25(34-22)27(33)29-16-12-20(2)13-17-29/h4-11,15,20H,3,12-14,16-19H2,1-2H3. The molecule has 0 N–H and O–H groups in total. The number of nitrogens with zero attached hydrogens (tertiary/aromatic N) is 3. The van der Waals surface area contributed by atoms with E-state index in [1.54, 1.807) is 23.1 Å². The van der Waals surface area contributed by atoms with Gasteiger partial charge in [0, 0.05) is 31.5 Å². The first-order valence-corrected chi connectivity index (χ1v) is 12.0. The van der Waals surface area contributed by atoms with Crippen LogP contribution in [0.4, 0.5) is 4.39 Å². The fourth-order valence-electron chi connectivity index (χ4n) is 4.38. The minimum absolute atomic E-state index is 0.0597. The number of hydrogen-bond acceptors (Lipinski definition) is 3. The van der Waals surface area contributed by atoms with Crippen LogP contribution in [-0.4, -0.2) is 45.8 Å². The van der Waals surface area contributed by atoms with Gasteiger partial charge >= 0.3 is 0 Å². The largest absolute Gasteiger partial charge is 0.454 e. The van der Waals surface area contributed by atoms with E-state index >= 15 is 0 Å². The number of carbonyl (C=O) groups excluding carboxylic acids is 2. The maximum Gasteiger partial charge on any atom is 0.289 e. The lowest BCUT2D eigenvalue weighted by Crippen LogP contribution is -2.37. The number of likely N-dealkylation sites (tertiary alicyclic amines) is 1. The van der Waals surface area contributed by atoms with Gasteiger partial charge in [0.15, 0.2) is 5.76 Å². The molecule has 4 rings (SSSR count). The Labute approximate surface area is 200 Å². The molecule has 0 radical (unpaired) electrons. The first-order chi connectivity index (χ1) is 16.5. The second-order valence-corrected chi connectivity index (χ2v) is 9.07. The molecule has 1 fully saturated rings. The highest BCUT2D eigenvalue weighted by Crippen LogP contribution is 2.20. The molecule has 0 aliphatic carbocycles. The molecule has 7 heteroatoms. The van der Waals surface area contributed by atoms with E-state index in [-0.39, 0.29) is 17.4 Å². The number of benzene rings is 1. The highest BCUT2D eigenvalue weighted by atomic mass is 19.1. The number of rotatable bonds is 8. The predicted octanol–water partition coefficient (Wildman–Crippen LogP) is 5.19. The SMILES string of the molecule is CCCN(Cc1cccn1Cc1ccc(C(=O)N2CCC(C)CC2)o1)C(=O)c1ccccc1F. The summed E-state index contributed by atoms with van der Waals surface area (Å²) in [5.74, 6) is 0.792. The molecule has 1 aromatic carbocycles. The van der Waals surface area contributed by atoms with E-state index in [0.717, 1.165) is 38.0 Å². The van der Waals surface area contributed by atoms with E-state index in [0.29, 0.717) is 37.1 Å². The van der Waals surface area contributed by atoms with Crippen molar-refractivity contribution in [2.75, 3.05) is 19.6 Å². The zero-order valence-corrected chi connectivity index (χ0v) is 19.9. The molecule has 0 atom stereocenters. The Bertz CT molecular complexity index is 1130. The van der Waals surface area contributed by atoms with Crippen LogP contribution >= 0.6 is 0 Å². The molecule has 34 heavy (non-hydrogen) atoms. The summed E-state index contributed by atoms with van der Waals surface area (Å²) in [6.07, 6.45) is 4.72. The molecule has 2 amide bonds. The van der Waals surface area contributed by atoms with Gasteiger partial charge in [-0.2, -0.15) is 0 Å². The van der Waals surface area contributed by atoms with E-state index < -0.39 is 5.82 Å².